The number of carbonyl (C=O) groups excluding carboxylic acids is 1. The van der Waals surface area contributed by atoms with E-state index in [4.69, 9.17) is 0 Å². The molecule has 10 heteroatoms. The summed E-state index contributed by atoms with van der Waals surface area (Å²) in [6.45, 7) is 2.72. The van der Waals surface area contributed by atoms with E-state index < -0.39 is 17.5 Å². The molecule has 1 aliphatic rings. The molecule has 1 amide bonds. The molecule has 0 radical (unpaired) electrons. The molecule has 1 aliphatic heterocycles. The number of benzene rings is 2. The van der Waals surface area contributed by atoms with Gasteiger partial charge in [0, 0.05) is 35.7 Å². The number of rotatable bonds is 3. The Morgan fingerprint density at radius 1 is 1.03 bits per heavy atom. The van der Waals surface area contributed by atoms with E-state index in [2.05, 4.69) is 15.2 Å². The third-order valence-corrected chi connectivity index (χ3v) is 6.31. The second kappa shape index (κ2) is 7.86. The minimum atomic E-state index is -0.683. The number of carbonyl (C=O) groups is 1. The van der Waals surface area contributed by atoms with E-state index in [1.807, 2.05) is 11.5 Å². The Morgan fingerprint density at radius 3 is 2.53 bits per heavy atom. The van der Waals surface area contributed by atoms with Crippen LogP contribution in [0.4, 0.5) is 13.2 Å². The molecule has 0 saturated heterocycles. The standard InChI is InChI=1S/C22H16F3N5OS/c1-12-19-27-28-20(18-11-32-21(26-18)16-7-6-15(24)10-17(16)25)30(19)9-8-29(12)22(31)13-2-4-14(23)5-3-13/h2-7,10-12H,8-9H2,1H3. The molecular formula is C22H16F3N5OS. The lowest BCUT2D eigenvalue weighted by atomic mass is 10.1. The number of amides is 1. The Labute approximate surface area is 185 Å². The number of hydrogen-bond donors (Lipinski definition) is 0. The first-order chi connectivity index (χ1) is 15.4. The Bertz CT molecular complexity index is 1320. The molecule has 0 saturated carbocycles. The van der Waals surface area contributed by atoms with Crippen LogP contribution in [0.2, 0.25) is 0 Å². The van der Waals surface area contributed by atoms with Gasteiger partial charge in [0.2, 0.25) is 0 Å². The maximum absolute atomic E-state index is 14.1. The number of hydrogen-bond acceptors (Lipinski definition) is 5. The zero-order valence-electron chi connectivity index (χ0n) is 16.8. The van der Waals surface area contributed by atoms with Crippen molar-refractivity contribution in [3.8, 4) is 22.1 Å². The first-order valence-electron chi connectivity index (χ1n) is 9.83. The van der Waals surface area contributed by atoms with Crippen LogP contribution >= 0.6 is 11.3 Å². The van der Waals surface area contributed by atoms with Gasteiger partial charge in [-0.15, -0.1) is 21.5 Å². The predicted octanol–water partition coefficient (Wildman–Crippen LogP) is 4.70. The first kappa shape index (κ1) is 20.4. The van der Waals surface area contributed by atoms with Gasteiger partial charge in [0.15, 0.2) is 11.6 Å². The lowest BCUT2D eigenvalue weighted by molar-refractivity contribution is 0.0638. The highest BCUT2D eigenvalue weighted by Crippen LogP contribution is 2.33. The molecule has 3 heterocycles. The van der Waals surface area contributed by atoms with Gasteiger partial charge in [-0.3, -0.25) is 4.79 Å². The Kier molecular flexibility index (Phi) is 5.01. The zero-order valence-corrected chi connectivity index (χ0v) is 17.6. The molecule has 5 rings (SSSR count). The summed E-state index contributed by atoms with van der Waals surface area (Å²) in [5.74, 6) is -0.826. The van der Waals surface area contributed by atoms with Gasteiger partial charge in [-0.1, -0.05) is 0 Å². The molecule has 1 atom stereocenters. The molecule has 32 heavy (non-hydrogen) atoms. The van der Waals surface area contributed by atoms with Crippen molar-refractivity contribution in [3.63, 3.8) is 0 Å². The van der Waals surface area contributed by atoms with Gasteiger partial charge in [0.05, 0.1) is 6.04 Å². The van der Waals surface area contributed by atoms with Crippen LogP contribution < -0.4 is 0 Å². The number of aromatic nitrogens is 4. The van der Waals surface area contributed by atoms with E-state index in [0.717, 1.165) is 6.07 Å². The number of nitrogens with zero attached hydrogens (tertiary/aromatic N) is 5. The van der Waals surface area contributed by atoms with Crippen LogP contribution in [0.3, 0.4) is 0 Å². The molecular weight excluding hydrogens is 439 g/mol. The van der Waals surface area contributed by atoms with E-state index >= 15 is 0 Å². The number of halogens is 3. The van der Waals surface area contributed by atoms with E-state index in [9.17, 15) is 18.0 Å². The van der Waals surface area contributed by atoms with Crippen molar-refractivity contribution in [1.29, 1.82) is 0 Å². The molecule has 0 aliphatic carbocycles. The van der Waals surface area contributed by atoms with Crippen molar-refractivity contribution < 1.29 is 18.0 Å². The molecule has 0 N–H and O–H groups in total. The van der Waals surface area contributed by atoms with Gasteiger partial charge in [-0.05, 0) is 43.3 Å². The second-order valence-corrected chi connectivity index (χ2v) is 8.24. The Balaban J connectivity index is 1.42. The molecule has 4 aromatic rings. The van der Waals surface area contributed by atoms with Crippen LogP contribution in [-0.4, -0.2) is 37.1 Å². The zero-order chi connectivity index (χ0) is 22.4. The van der Waals surface area contributed by atoms with Gasteiger partial charge in [-0.2, -0.15) is 0 Å². The summed E-state index contributed by atoms with van der Waals surface area (Å²) in [6, 6.07) is 8.44. The fourth-order valence-electron chi connectivity index (χ4n) is 3.77. The van der Waals surface area contributed by atoms with Crippen molar-refractivity contribution >= 4 is 17.2 Å². The highest BCUT2D eigenvalue weighted by Gasteiger charge is 2.32. The molecule has 2 aromatic carbocycles. The lowest BCUT2D eigenvalue weighted by Gasteiger charge is -2.33. The monoisotopic (exact) mass is 455 g/mol. The smallest absolute Gasteiger partial charge is 0.254 e. The summed E-state index contributed by atoms with van der Waals surface area (Å²) >= 11 is 1.23. The fourth-order valence-corrected chi connectivity index (χ4v) is 4.60. The second-order valence-electron chi connectivity index (χ2n) is 7.38. The average molecular weight is 455 g/mol. The fraction of sp³-hybridized carbons (Fsp3) is 0.182. The van der Waals surface area contributed by atoms with Crippen LogP contribution in [0.5, 0.6) is 0 Å². The van der Waals surface area contributed by atoms with Crippen molar-refractivity contribution in [3.05, 3.63) is 76.7 Å². The highest BCUT2D eigenvalue weighted by atomic mass is 32.1. The van der Waals surface area contributed by atoms with Crippen LogP contribution in [0.25, 0.3) is 22.1 Å². The van der Waals surface area contributed by atoms with Crippen LogP contribution in [0, 0.1) is 17.5 Å². The molecule has 1 unspecified atom stereocenters. The Hall–Kier alpha value is -3.53. The topological polar surface area (TPSA) is 63.9 Å². The average Bonchev–Trinajstić information content (AvgIpc) is 3.41. The van der Waals surface area contributed by atoms with Crippen molar-refractivity contribution in [2.24, 2.45) is 0 Å². The van der Waals surface area contributed by atoms with Crippen molar-refractivity contribution in [2.45, 2.75) is 19.5 Å². The van der Waals surface area contributed by atoms with Crippen LogP contribution in [0.1, 0.15) is 29.1 Å². The lowest BCUT2D eigenvalue weighted by Crippen LogP contribution is -2.41. The summed E-state index contributed by atoms with van der Waals surface area (Å²) < 4.78 is 42.4. The summed E-state index contributed by atoms with van der Waals surface area (Å²) in [4.78, 5) is 19.0. The highest BCUT2D eigenvalue weighted by molar-refractivity contribution is 7.13. The van der Waals surface area contributed by atoms with E-state index in [0.29, 0.717) is 41.0 Å². The largest absolute Gasteiger partial charge is 0.327 e. The summed E-state index contributed by atoms with van der Waals surface area (Å²) in [5, 5.41) is 10.7. The molecule has 162 valence electrons. The molecule has 0 spiro atoms. The van der Waals surface area contributed by atoms with Crippen LogP contribution in [-0.2, 0) is 6.54 Å². The van der Waals surface area contributed by atoms with Crippen molar-refractivity contribution in [2.75, 3.05) is 6.54 Å². The summed E-state index contributed by atoms with van der Waals surface area (Å²) in [6.07, 6.45) is 0. The van der Waals surface area contributed by atoms with E-state index in [-0.39, 0.29) is 17.5 Å². The number of fused-ring (bicyclic) bond motifs is 1. The SMILES string of the molecule is CC1c2nnc(-c3csc(-c4ccc(F)cc4F)n3)n2CCN1C(=O)c1ccc(F)cc1. The third kappa shape index (κ3) is 3.46. The van der Waals surface area contributed by atoms with Gasteiger partial charge < -0.3 is 9.47 Å². The van der Waals surface area contributed by atoms with E-state index in [1.165, 1.54) is 47.7 Å². The predicted molar refractivity (Wildman–Crippen MR) is 112 cm³/mol. The van der Waals surface area contributed by atoms with E-state index in [1.54, 1.807) is 10.3 Å². The molecule has 2 aromatic heterocycles. The minimum Gasteiger partial charge on any atom is -0.327 e. The van der Waals surface area contributed by atoms with Crippen LogP contribution in [0.15, 0.2) is 47.8 Å². The number of thiazole rings is 1. The Morgan fingerprint density at radius 2 is 1.78 bits per heavy atom. The third-order valence-electron chi connectivity index (χ3n) is 5.43. The minimum absolute atomic E-state index is 0.212. The van der Waals surface area contributed by atoms with Gasteiger partial charge in [0.1, 0.15) is 28.2 Å². The van der Waals surface area contributed by atoms with Crippen molar-refractivity contribution in [1.82, 2.24) is 24.6 Å². The molecule has 0 bridgehead atoms. The van der Waals surface area contributed by atoms with Gasteiger partial charge >= 0.3 is 0 Å². The molecule has 6 nitrogen and oxygen atoms in total. The maximum atomic E-state index is 14.1. The summed E-state index contributed by atoms with van der Waals surface area (Å²) in [7, 11) is 0. The van der Waals surface area contributed by atoms with Gasteiger partial charge in [0.25, 0.3) is 5.91 Å². The summed E-state index contributed by atoms with van der Waals surface area (Å²) in [5.41, 5.74) is 1.14. The first-order valence-corrected chi connectivity index (χ1v) is 10.7. The maximum Gasteiger partial charge on any atom is 0.254 e. The molecule has 0 fully saturated rings. The normalized spacial score (nSPS) is 15.6. The quantitative estimate of drug-likeness (QED) is 0.449. The van der Waals surface area contributed by atoms with Gasteiger partial charge in [-0.25, -0.2) is 18.2 Å².